The van der Waals surface area contributed by atoms with E-state index in [1.165, 1.54) is 31.2 Å². The first-order valence-corrected chi connectivity index (χ1v) is 9.43. The van der Waals surface area contributed by atoms with Gasteiger partial charge in [0.1, 0.15) is 11.6 Å². The Balaban J connectivity index is 1.58. The second-order valence-electron chi connectivity index (χ2n) is 7.90. The number of piperidine rings is 1. The van der Waals surface area contributed by atoms with Crippen LogP contribution in [0.4, 0.5) is 11.5 Å². The minimum atomic E-state index is -0.107. The molecule has 0 radical (unpaired) electrons. The molecular weight excluding hydrogens is 324 g/mol. The molecule has 1 aliphatic heterocycles. The highest BCUT2D eigenvalue weighted by Gasteiger charge is 2.44. The molecule has 0 unspecified atom stereocenters. The Morgan fingerprint density at radius 1 is 1.04 bits per heavy atom. The number of amides is 1. The van der Waals surface area contributed by atoms with Gasteiger partial charge in [-0.15, -0.1) is 0 Å². The number of hydrogen-bond acceptors (Lipinski definition) is 4. The molecule has 5 heteroatoms. The van der Waals surface area contributed by atoms with Gasteiger partial charge in [-0.25, -0.2) is 9.97 Å². The molecule has 5 nitrogen and oxygen atoms in total. The largest absolute Gasteiger partial charge is 0.371 e. The van der Waals surface area contributed by atoms with Crippen LogP contribution in [0.3, 0.4) is 0 Å². The van der Waals surface area contributed by atoms with E-state index in [1.807, 2.05) is 26.0 Å². The van der Waals surface area contributed by atoms with E-state index in [1.54, 1.807) is 6.07 Å². The normalized spacial score (nSPS) is 18.0. The molecule has 0 atom stereocenters. The summed E-state index contributed by atoms with van der Waals surface area (Å²) in [5, 5.41) is 2.95. The van der Waals surface area contributed by atoms with Crippen molar-refractivity contribution >= 4 is 17.4 Å². The van der Waals surface area contributed by atoms with Gasteiger partial charge >= 0.3 is 0 Å². The maximum absolute atomic E-state index is 13.0. The number of carbonyl (C=O) groups is 1. The molecule has 2 fully saturated rings. The zero-order chi connectivity index (χ0) is 18.3. The molecule has 1 saturated heterocycles. The summed E-state index contributed by atoms with van der Waals surface area (Å²) < 4.78 is 0. The van der Waals surface area contributed by atoms with E-state index >= 15 is 0 Å². The lowest BCUT2D eigenvalue weighted by Crippen LogP contribution is -2.35. The van der Waals surface area contributed by atoms with Crippen molar-refractivity contribution in [1.29, 1.82) is 0 Å². The van der Waals surface area contributed by atoms with Crippen molar-refractivity contribution in [2.45, 2.75) is 46.5 Å². The Hall–Kier alpha value is -2.43. The molecule has 2 heterocycles. The van der Waals surface area contributed by atoms with Crippen molar-refractivity contribution < 1.29 is 4.79 Å². The number of carbonyl (C=O) groups excluding carboxylic acids is 1. The number of nitrogens with one attached hydrogen (secondary N) is 1. The van der Waals surface area contributed by atoms with Crippen LogP contribution in [0.2, 0.25) is 0 Å². The number of rotatable bonds is 3. The van der Waals surface area contributed by atoms with Crippen molar-refractivity contribution in [3.63, 3.8) is 0 Å². The van der Waals surface area contributed by atoms with Crippen molar-refractivity contribution in [2.75, 3.05) is 23.3 Å². The zero-order valence-electron chi connectivity index (χ0n) is 15.8. The molecule has 1 aromatic carbocycles. The van der Waals surface area contributed by atoms with Crippen LogP contribution < -0.4 is 10.2 Å². The van der Waals surface area contributed by atoms with Crippen LogP contribution in [0.5, 0.6) is 0 Å². The average molecular weight is 350 g/mol. The van der Waals surface area contributed by atoms with Gasteiger partial charge in [0, 0.05) is 30.5 Å². The predicted octanol–water partition coefficient (Wildman–Crippen LogP) is 4.03. The Morgan fingerprint density at radius 2 is 1.77 bits per heavy atom. The van der Waals surface area contributed by atoms with E-state index in [9.17, 15) is 4.79 Å². The third-order valence-electron chi connectivity index (χ3n) is 5.73. The van der Waals surface area contributed by atoms with E-state index in [2.05, 4.69) is 33.2 Å². The summed E-state index contributed by atoms with van der Waals surface area (Å²) in [5.74, 6) is 1.11. The number of anilines is 2. The molecule has 1 aromatic heterocycles. The second-order valence-corrected chi connectivity index (χ2v) is 7.90. The number of hydrogen-bond donors (Lipinski definition) is 1. The summed E-state index contributed by atoms with van der Waals surface area (Å²) in [6.07, 6.45) is 5.25. The summed E-state index contributed by atoms with van der Waals surface area (Å²) in [7, 11) is 0. The average Bonchev–Trinajstić information content (AvgIpc) is 3.33. The lowest BCUT2D eigenvalue weighted by atomic mass is 9.92. The van der Waals surface area contributed by atoms with Crippen molar-refractivity contribution in [3.8, 4) is 0 Å². The van der Waals surface area contributed by atoms with Gasteiger partial charge in [-0.2, -0.15) is 0 Å². The van der Waals surface area contributed by atoms with Gasteiger partial charge in [0.25, 0.3) is 5.91 Å². The monoisotopic (exact) mass is 350 g/mol. The maximum Gasteiger partial charge on any atom is 0.258 e. The highest BCUT2D eigenvalue weighted by atomic mass is 16.1. The first-order valence-electron chi connectivity index (χ1n) is 9.43. The minimum Gasteiger partial charge on any atom is -0.371 e. The third kappa shape index (κ3) is 3.43. The molecule has 1 aliphatic carbocycles. The molecule has 1 saturated carbocycles. The summed E-state index contributed by atoms with van der Waals surface area (Å²) >= 11 is 0. The van der Waals surface area contributed by atoms with Crippen LogP contribution in [0, 0.1) is 26.2 Å². The van der Waals surface area contributed by atoms with E-state index in [0.717, 1.165) is 30.0 Å². The second kappa shape index (κ2) is 6.38. The molecule has 1 N–H and O–H groups in total. The van der Waals surface area contributed by atoms with E-state index in [0.29, 0.717) is 17.1 Å². The number of aryl methyl sites for hydroxylation is 3. The van der Waals surface area contributed by atoms with Crippen LogP contribution in [0.25, 0.3) is 0 Å². The quantitative estimate of drug-likeness (QED) is 0.908. The predicted molar refractivity (Wildman–Crippen MR) is 104 cm³/mol. The van der Waals surface area contributed by atoms with Gasteiger partial charge in [0.05, 0.1) is 5.56 Å². The van der Waals surface area contributed by atoms with Crippen LogP contribution in [-0.2, 0) is 0 Å². The summed E-state index contributed by atoms with van der Waals surface area (Å²) in [4.78, 5) is 23.9. The van der Waals surface area contributed by atoms with E-state index in [-0.39, 0.29) is 5.91 Å². The third-order valence-corrected chi connectivity index (χ3v) is 5.73. The minimum absolute atomic E-state index is 0.107. The Kier molecular flexibility index (Phi) is 4.17. The molecule has 2 aromatic rings. The molecule has 0 bridgehead atoms. The first-order chi connectivity index (χ1) is 12.4. The Morgan fingerprint density at radius 3 is 2.42 bits per heavy atom. The molecule has 1 spiro atoms. The highest BCUT2D eigenvalue weighted by molar-refractivity contribution is 6.07. The van der Waals surface area contributed by atoms with Crippen molar-refractivity contribution in [2.24, 2.45) is 5.41 Å². The summed E-state index contributed by atoms with van der Waals surface area (Å²) in [6.45, 7) is 7.89. The Bertz CT molecular complexity index is 827. The van der Waals surface area contributed by atoms with Crippen LogP contribution >= 0.6 is 0 Å². The van der Waals surface area contributed by atoms with Crippen LogP contribution in [-0.4, -0.2) is 29.0 Å². The fraction of sp³-hybridized carbons (Fsp3) is 0.476. The van der Waals surface area contributed by atoms with Gasteiger partial charge < -0.3 is 10.2 Å². The van der Waals surface area contributed by atoms with Gasteiger partial charge in [-0.05, 0) is 69.6 Å². The van der Waals surface area contributed by atoms with E-state index < -0.39 is 0 Å². The summed E-state index contributed by atoms with van der Waals surface area (Å²) in [6, 6.07) is 7.87. The highest BCUT2D eigenvalue weighted by Crippen LogP contribution is 2.54. The maximum atomic E-state index is 13.0. The lowest BCUT2D eigenvalue weighted by molar-refractivity contribution is 0.102. The number of nitrogens with zero attached hydrogens (tertiary/aromatic N) is 3. The zero-order valence-corrected chi connectivity index (χ0v) is 15.8. The lowest BCUT2D eigenvalue weighted by Gasteiger charge is -2.35. The number of aromatic nitrogens is 2. The Labute approximate surface area is 154 Å². The fourth-order valence-corrected chi connectivity index (χ4v) is 3.96. The SMILES string of the molecule is Cc1ccc(C(=O)Nc2cc(C)nc(C)n2)c(N2CCC3(CC2)CC3)c1. The molecule has 26 heavy (non-hydrogen) atoms. The van der Waals surface area contributed by atoms with Crippen LogP contribution in [0.15, 0.2) is 24.3 Å². The van der Waals surface area contributed by atoms with E-state index in [4.69, 9.17) is 0 Å². The van der Waals surface area contributed by atoms with Gasteiger partial charge in [-0.1, -0.05) is 6.07 Å². The molecule has 4 rings (SSSR count). The number of benzene rings is 1. The fourth-order valence-electron chi connectivity index (χ4n) is 3.96. The smallest absolute Gasteiger partial charge is 0.258 e. The molecule has 1 amide bonds. The molecule has 2 aliphatic rings. The topological polar surface area (TPSA) is 58.1 Å². The van der Waals surface area contributed by atoms with Crippen molar-refractivity contribution in [3.05, 3.63) is 46.9 Å². The van der Waals surface area contributed by atoms with Gasteiger partial charge in [0.2, 0.25) is 0 Å². The summed E-state index contributed by atoms with van der Waals surface area (Å²) in [5.41, 5.74) is 4.41. The standard InChI is InChI=1S/C21H26N4O/c1-14-4-5-17(20(26)24-19-13-15(2)22-16(3)23-19)18(12-14)25-10-8-21(6-7-21)9-11-25/h4-5,12-13H,6-11H2,1-3H3,(H,22,23,24,26). The first kappa shape index (κ1) is 17.0. The van der Waals surface area contributed by atoms with Crippen molar-refractivity contribution in [1.82, 2.24) is 9.97 Å². The molecular formula is C21H26N4O. The van der Waals surface area contributed by atoms with Gasteiger partial charge in [0.15, 0.2) is 0 Å². The molecule has 136 valence electrons. The van der Waals surface area contributed by atoms with Crippen LogP contribution in [0.1, 0.15) is 53.1 Å². The van der Waals surface area contributed by atoms with Gasteiger partial charge in [-0.3, -0.25) is 4.79 Å².